The van der Waals surface area contributed by atoms with Crippen LogP contribution in [0.25, 0.3) is 0 Å². The fourth-order valence-corrected chi connectivity index (χ4v) is 2.39. The van der Waals surface area contributed by atoms with Crippen LogP contribution >= 0.6 is 22.9 Å². The predicted molar refractivity (Wildman–Crippen MR) is 66.8 cm³/mol. The molecule has 0 aliphatic carbocycles. The third kappa shape index (κ3) is 3.02. The van der Waals surface area contributed by atoms with Crippen LogP contribution in [0.1, 0.15) is 10.9 Å². The fraction of sp³-hybridized carbons (Fsp3) is 0.111. The first-order valence-corrected chi connectivity index (χ1v) is 6.43. The van der Waals surface area contributed by atoms with Crippen LogP contribution in [-0.4, -0.2) is 26.7 Å². The summed E-state index contributed by atoms with van der Waals surface area (Å²) in [6.45, 7) is 0. The first-order valence-electron chi connectivity index (χ1n) is 4.78. The quantitative estimate of drug-likeness (QED) is 0.790. The summed E-state index contributed by atoms with van der Waals surface area (Å²) in [6.07, 6.45) is 1.38. The topological polar surface area (TPSA) is 104 Å². The molecular formula is C9H8N4O3S2. The van der Waals surface area contributed by atoms with Crippen LogP contribution in [-0.2, 0) is 4.79 Å². The third-order valence-corrected chi connectivity index (χ3v) is 3.47. The van der Waals surface area contributed by atoms with Crippen molar-refractivity contribution in [2.45, 2.75) is 6.04 Å². The normalized spacial score (nSPS) is 11.8. The summed E-state index contributed by atoms with van der Waals surface area (Å²) >= 11 is 2.27. The molecule has 0 spiro atoms. The van der Waals surface area contributed by atoms with Gasteiger partial charge in [-0.25, -0.2) is 9.59 Å². The van der Waals surface area contributed by atoms with E-state index in [0.29, 0.717) is 9.88 Å². The number of urea groups is 1. The molecule has 1 atom stereocenters. The molecule has 1 unspecified atom stereocenters. The number of carboxylic acid groups (broad SMARTS) is 1. The molecule has 9 heteroatoms. The Morgan fingerprint density at radius 2 is 2.28 bits per heavy atom. The van der Waals surface area contributed by atoms with E-state index in [9.17, 15) is 9.59 Å². The van der Waals surface area contributed by atoms with Gasteiger partial charge in [-0.15, -0.1) is 16.4 Å². The maximum atomic E-state index is 11.6. The van der Waals surface area contributed by atoms with Gasteiger partial charge in [0.15, 0.2) is 6.04 Å². The van der Waals surface area contributed by atoms with E-state index >= 15 is 0 Å². The minimum atomic E-state index is -1.12. The molecule has 0 fully saturated rings. The van der Waals surface area contributed by atoms with Crippen molar-refractivity contribution in [3.05, 3.63) is 28.6 Å². The van der Waals surface area contributed by atoms with Gasteiger partial charge in [-0.2, -0.15) is 0 Å². The zero-order valence-electron chi connectivity index (χ0n) is 8.86. The number of carboxylic acids is 1. The zero-order valence-corrected chi connectivity index (χ0v) is 10.5. The average molecular weight is 284 g/mol. The van der Waals surface area contributed by atoms with Crippen molar-refractivity contribution in [1.82, 2.24) is 14.9 Å². The van der Waals surface area contributed by atoms with Crippen molar-refractivity contribution >= 4 is 39.9 Å². The number of carbonyl (C=O) groups excluding carboxylic acids is 1. The summed E-state index contributed by atoms with van der Waals surface area (Å²) in [6, 6.07) is 1.70. The second-order valence-electron chi connectivity index (χ2n) is 3.17. The van der Waals surface area contributed by atoms with Crippen LogP contribution in [0, 0.1) is 0 Å². The van der Waals surface area contributed by atoms with Gasteiger partial charge in [0.05, 0.1) is 6.20 Å². The van der Waals surface area contributed by atoms with Gasteiger partial charge in [0.2, 0.25) is 0 Å². The highest BCUT2D eigenvalue weighted by molar-refractivity contribution is 7.10. The smallest absolute Gasteiger partial charge is 0.331 e. The van der Waals surface area contributed by atoms with E-state index in [1.165, 1.54) is 17.5 Å². The molecule has 94 valence electrons. The van der Waals surface area contributed by atoms with Crippen LogP contribution in [0.2, 0.25) is 0 Å². The number of amides is 2. The summed E-state index contributed by atoms with van der Waals surface area (Å²) in [4.78, 5) is 23.2. The molecule has 2 amide bonds. The van der Waals surface area contributed by atoms with Gasteiger partial charge in [0, 0.05) is 16.4 Å². The van der Waals surface area contributed by atoms with Crippen molar-refractivity contribution in [3.63, 3.8) is 0 Å². The Hall–Kier alpha value is -2.00. The molecule has 0 aliphatic rings. The van der Waals surface area contributed by atoms with Crippen LogP contribution in [0.3, 0.4) is 0 Å². The molecule has 0 aromatic carbocycles. The Morgan fingerprint density at radius 3 is 2.83 bits per heavy atom. The van der Waals surface area contributed by atoms with Crippen LogP contribution in [0.15, 0.2) is 23.7 Å². The average Bonchev–Trinajstić information content (AvgIpc) is 2.97. The van der Waals surface area contributed by atoms with Crippen LogP contribution in [0.4, 0.5) is 9.80 Å². The van der Waals surface area contributed by atoms with E-state index in [-0.39, 0.29) is 0 Å². The van der Waals surface area contributed by atoms with E-state index in [2.05, 4.69) is 20.2 Å². The van der Waals surface area contributed by atoms with Gasteiger partial charge < -0.3 is 10.4 Å². The molecule has 0 aliphatic heterocycles. The Kier molecular flexibility index (Phi) is 3.85. The summed E-state index contributed by atoms with van der Waals surface area (Å²) in [5.74, 6) is -1.12. The standard InChI is InChI=1S/C9H8N4O3S2/c14-8(15)7(5-2-1-3-17-5)12-9(16)11-6-4-10-13-18-6/h1-4,7H,(H,14,15)(H2,11,12,16). The number of hydrogen-bond donors (Lipinski definition) is 3. The Morgan fingerprint density at radius 1 is 1.44 bits per heavy atom. The van der Waals surface area contributed by atoms with Crippen molar-refractivity contribution in [2.75, 3.05) is 5.32 Å². The summed E-state index contributed by atoms with van der Waals surface area (Å²) in [5.41, 5.74) is 0. The SMILES string of the molecule is O=C(Nc1cnns1)NC(C(=O)O)c1cccs1. The predicted octanol–water partition coefficient (Wildman–Crippen LogP) is 1.55. The highest BCUT2D eigenvalue weighted by Crippen LogP contribution is 2.19. The monoisotopic (exact) mass is 284 g/mol. The molecular weight excluding hydrogens is 276 g/mol. The Balaban J connectivity index is 2.01. The first-order chi connectivity index (χ1) is 8.66. The molecule has 0 saturated heterocycles. The molecule has 3 N–H and O–H groups in total. The maximum Gasteiger partial charge on any atom is 0.331 e. The van der Waals surface area contributed by atoms with Crippen molar-refractivity contribution in [3.8, 4) is 0 Å². The molecule has 0 radical (unpaired) electrons. The highest BCUT2D eigenvalue weighted by atomic mass is 32.1. The highest BCUT2D eigenvalue weighted by Gasteiger charge is 2.23. The molecule has 7 nitrogen and oxygen atoms in total. The summed E-state index contributed by atoms with van der Waals surface area (Å²) in [5, 5.41) is 19.6. The van der Waals surface area contributed by atoms with E-state index in [1.807, 2.05) is 0 Å². The number of hydrogen-bond acceptors (Lipinski definition) is 6. The Labute approximate surface area is 110 Å². The minimum absolute atomic E-state index is 0.447. The number of aromatic nitrogens is 2. The second kappa shape index (κ2) is 5.56. The lowest BCUT2D eigenvalue weighted by molar-refractivity contribution is -0.139. The minimum Gasteiger partial charge on any atom is -0.479 e. The number of anilines is 1. The second-order valence-corrected chi connectivity index (χ2v) is 4.93. The van der Waals surface area contributed by atoms with Crippen molar-refractivity contribution in [2.24, 2.45) is 0 Å². The molecule has 0 bridgehead atoms. The number of nitrogens with zero attached hydrogens (tertiary/aromatic N) is 2. The lowest BCUT2D eigenvalue weighted by atomic mass is 10.2. The lowest BCUT2D eigenvalue weighted by Crippen LogP contribution is -2.36. The van der Waals surface area contributed by atoms with Crippen LogP contribution in [0.5, 0.6) is 0 Å². The van der Waals surface area contributed by atoms with E-state index < -0.39 is 18.0 Å². The maximum absolute atomic E-state index is 11.6. The molecule has 2 aromatic heterocycles. The Bertz CT molecular complexity index is 526. The number of nitrogens with one attached hydrogen (secondary N) is 2. The molecule has 2 rings (SSSR count). The van der Waals surface area contributed by atoms with Crippen molar-refractivity contribution < 1.29 is 14.7 Å². The van der Waals surface area contributed by atoms with Gasteiger partial charge in [-0.1, -0.05) is 10.6 Å². The molecule has 18 heavy (non-hydrogen) atoms. The van der Waals surface area contributed by atoms with Crippen molar-refractivity contribution in [1.29, 1.82) is 0 Å². The largest absolute Gasteiger partial charge is 0.479 e. The molecule has 0 saturated carbocycles. The molecule has 2 heterocycles. The number of aliphatic carboxylic acids is 1. The van der Waals surface area contributed by atoms with Gasteiger partial charge in [0.1, 0.15) is 5.00 Å². The molecule has 2 aromatic rings. The van der Waals surface area contributed by atoms with E-state index in [4.69, 9.17) is 5.11 Å². The van der Waals surface area contributed by atoms with E-state index in [1.54, 1.807) is 17.5 Å². The summed E-state index contributed by atoms with van der Waals surface area (Å²) < 4.78 is 3.57. The third-order valence-electron chi connectivity index (χ3n) is 1.95. The lowest BCUT2D eigenvalue weighted by Gasteiger charge is -2.12. The number of rotatable bonds is 4. The van der Waals surface area contributed by atoms with Gasteiger partial charge in [0.25, 0.3) is 0 Å². The number of carbonyl (C=O) groups is 2. The van der Waals surface area contributed by atoms with Gasteiger partial charge in [-0.3, -0.25) is 5.32 Å². The summed E-state index contributed by atoms with van der Waals surface area (Å²) in [7, 11) is 0. The van der Waals surface area contributed by atoms with Gasteiger partial charge >= 0.3 is 12.0 Å². The van der Waals surface area contributed by atoms with Crippen LogP contribution < -0.4 is 10.6 Å². The number of thiophene rings is 1. The fourth-order valence-electron chi connectivity index (χ4n) is 1.21. The van der Waals surface area contributed by atoms with Gasteiger partial charge in [-0.05, 0) is 11.4 Å². The zero-order chi connectivity index (χ0) is 13.0. The van der Waals surface area contributed by atoms with E-state index in [0.717, 1.165) is 11.5 Å². The first kappa shape index (κ1) is 12.5.